The predicted octanol–water partition coefficient (Wildman–Crippen LogP) is 5.27. The second-order valence-corrected chi connectivity index (χ2v) is 11.0. The number of anilines is 1. The maximum atomic E-state index is 13.6. The number of aryl methyl sites for hydroxylation is 1. The fraction of sp³-hybridized carbons (Fsp3) is 0.323. The Balaban J connectivity index is 1.60. The number of carbonyl (C=O) groups is 2. The highest BCUT2D eigenvalue weighted by Gasteiger charge is 2.24. The molecule has 198 valence electrons. The summed E-state index contributed by atoms with van der Waals surface area (Å²) in [5.41, 5.74) is 3.18. The van der Waals surface area contributed by atoms with E-state index in [0.29, 0.717) is 24.5 Å². The van der Waals surface area contributed by atoms with E-state index in [1.165, 1.54) is 0 Å². The zero-order valence-electron chi connectivity index (χ0n) is 23.2. The molecular weight excluding hydrogens is 474 g/mol. The number of carbonyl (C=O) groups excluding carboxylic acids is 2. The van der Waals surface area contributed by atoms with Gasteiger partial charge in [0.15, 0.2) is 0 Å². The molecule has 1 N–H and O–H groups in total. The molecule has 0 spiro atoms. The van der Waals surface area contributed by atoms with Crippen molar-refractivity contribution in [2.45, 2.75) is 33.1 Å². The molecule has 7 heteroatoms. The van der Waals surface area contributed by atoms with Gasteiger partial charge in [-0.1, -0.05) is 69.3 Å². The van der Waals surface area contributed by atoms with Crippen LogP contribution in [0.2, 0.25) is 0 Å². The number of aromatic nitrogens is 2. The molecule has 1 heterocycles. The van der Waals surface area contributed by atoms with Crippen molar-refractivity contribution in [1.82, 2.24) is 19.6 Å². The highest BCUT2D eigenvalue weighted by molar-refractivity contribution is 6.01. The summed E-state index contributed by atoms with van der Waals surface area (Å²) < 4.78 is 1.78. The summed E-state index contributed by atoms with van der Waals surface area (Å²) >= 11 is 0. The average Bonchev–Trinajstić information content (AvgIpc) is 3.30. The third kappa shape index (κ3) is 6.29. The lowest BCUT2D eigenvalue weighted by Crippen LogP contribution is -2.41. The molecule has 38 heavy (non-hydrogen) atoms. The summed E-state index contributed by atoms with van der Waals surface area (Å²) in [6, 6.07) is 23.5. The van der Waals surface area contributed by atoms with E-state index < -0.39 is 0 Å². The molecule has 0 aliphatic rings. The number of hydrogen-bond donors (Lipinski definition) is 1. The molecule has 2 amide bonds. The minimum absolute atomic E-state index is 0.0662. The van der Waals surface area contributed by atoms with Crippen LogP contribution >= 0.6 is 0 Å². The Morgan fingerprint density at radius 2 is 1.58 bits per heavy atom. The first-order chi connectivity index (χ1) is 18.0. The number of para-hydroxylation sites is 1. The average molecular weight is 512 g/mol. The van der Waals surface area contributed by atoms with Gasteiger partial charge < -0.3 is 15.1 Å². The Morgan fingerprint density at radius 3 is 2.26 bits per heavy atom. The first kappa shape index (κ1) is 27.1. The predicted molar refractivity (Wildman–Crippen MR) is 154 cm³/mol. The van der Waals surface area contributed by atoms with Crippen molar-refractivity contribution in [3.05, 3.63) is 89.6 Å². The fourth-order valence-electron chi connectivity index (χ4n) is 4.26. The molecule has 0 aliphatic carbocycles. The first-order valence-electron chi connectivity index (χ1n) is 12.9. The van der Waals surface area contributed by atoms with Crippen molar-refractivity contribution in [2.75, 3.05) is 39.0 Å². The maximum Gasteiger partial charge on any atom is 0.254 e. The highest BCUT2D eigenvalue weighted by atomic mass is 16.2. The van der Waals surface area contributed by atoms with Crippen LogP contribution in [-0.4, -0.2) is 65.1 Å². The quantitative estimate of drug-likeness (QED) is 0.350. The van der Waals surface area contributed by atoms with Crippen LogP contribution in [0.25, 0.3) is 16.5 Å². The van der Waals surface area contributed by atoms with E-state index in [2.05, 4.69) is 26.1 Å². The zero-order valence-corrected chi connectivity index (χ0v) is 23.2. The van der Waals surface area contributed by atoms with Gasteiger partial charge in [0.1, 0.15) is 12.4 Å². The molecule has 4 aromatic rings. The summed E-state index contributed by atoms with van der Waals surface area (Å²) in [5, 5.41) is 9.93. The van der Waals surface area contributed by atoms with Gasteiger partial charge in [-0.25, -0.2) is 4.68 Å². The van der Waals surface area contributed by atoms with Crippen molar-refractivity contribution in [2.24, 2.45) is 0 Å². The largest absolute Gasteiger partial charge is 0.328 e. The second kappa shape index (κ2) is 11.2. The molecule has 0 fully saturated rings. The number of nitrogens with zero attached hydrogens (tertiary/aromatic N) is 4. The van der Waals surface area contributed by atoms with Crippen molar-refractivity contribution in [1.29, 1.82) is 0 Å². The van der Waals surface area contributed by atoms with Crippen LogP contribution in [0, 0.1) is 6.92 Å². The van der Waals surface area contributed by atoms with Crippen LogP contribution < -0.4 is 5.32 Å². The van der Waals surface area contributed by atoms with Crippen LogP contribution in [0.1, 0.15) is 42.4 Å². The monoisotopic (exact) mass is 511 g/mol. The van der Waals surface area contributed by atoms with Crippen LogP contribution in [0.4, 0.5) is 5.82 Å². The van der Waals surface area contributed by atoms with Crippen molar-refractivity contribution >= 4 is 28.4 Å². The maximum absolute atomic E-state index is 13.6. The van der Waals surface area contributed by atoms with Crippen molar-refractivity contribution in [3.63, 3.8) is 0 Å². The summed E-state index contributed by atoms with van der Waals surface area (Å²) in [6.45, 7) is 9.29. The molecule has 7 nitrogen and oxygen atoms in total. The number of likely N-dealkylation sites (N-methyl/N-ethyl adjacent to an activating group) is 1. The molecule has 0 atom stereocenters. The normalized spacial score (nSPS) is 11.7. The van der Waals surface area contributed by atoms with Gasteiger partial charge in [-0.3, -0.25) is 9.59 Å². The van der Waals surface area contributed by atoms with Gasteiger partial charge >= 0.3 is 0 Å². The summed E-state index contributed by atoms with van der Waals surface area (Å²) in [4.78, 5) is 30.6. The number of hydrogen-bond acceptors (Lipinski definition) is 4. The zero-order chi connectivity index (χ0) is 27.4. The van der Waals surface area contributed by atoms with Crippen LogP contribution in [0.3, 0.4) is 0 Å². The van der Waals surface area contributed by atoms with Crippen molar-refractivity contribution < 1.29 is 9.59 Å². The van der Waals surface area contributed by atoms with Crippen LogP contribution in [-0.2, 0) is 10.2 Å². The van der Waals surface area contributed by atoms with Gasteiger partial charge in [-0.15, -0.1) is 0 Å². The summed E-state index contributed by atoms with van der Waals surface area (Å²) in [5.74, 6) is 0.142. The highest BCUT2D eigenvalue weighted by Crippen LogP contribution is 2.27. The SMILES string of the molecule is Cc1ccccc1-n1nc(C(C)(C)C)cc1NC(=O)CN(CCN(C)C)C(=O)c1ccc2ccccc2c1. The Bertz CT molecular complexity index is 1450. The second-order valence-electron chi connectivity index (χ2n) is 11.0. The number of benzene rings is 3. The van der Waals surface area contributed by atoms with E-state index in [-0.39, 0.29) is 23.8 Å². The fourth-order valence-corrected chi connectivity index (χ4v) is 4.26. The number of fused-ring (bicyclic) bond motifs is 1. The minimum Gasteiger partial charge on any atom is -0.328 e. The van der Waals surface area contributed by atoms with Gasteiger partial charge in [-0.2, -0.15) is 5.10 Å². The molecule has 0 bridgehead atoms. The molecule has 0 radical (unpaired) electrons. The van der Waals surface area contributed by atoms with Crippen molar-refractivity contribution in [3.8, 4) is 5.69 Å². The van der Waals surface area contributed by atoms with Crippen LogP contribution in [0.5, 0.6) is 0 Å². The molecule has 0 saturated carbocycles. The lowest BCUT2D eigenvalue weighted by atomic mass is 9.92. The molecule has 0 saturated heterocycles. The third-order valence-electron chi connectivity index (χ3n) is 6.52. The van der Waals surface area contributed by atoms with E-state index in [1.807, 2.05) is 98.7 Å². The Morgan fingerprint density at radius 1 is 0.895 bits per heavy atom. The van der Waals surface area contributed by atoms with E-state index in [0.717, 1.165) is 27.7 Å². The van der Waals surface area contributed by atoms with Gasteiger partial charge in [0.05, 0.1) is 11.4 Å². The Labute approximate surface area is 225 Å². The van der Waals surface area contributed by atoms with E-state index >= 15 is 0 Å². The number of amides is 2. The third-order valence-corrected chi connectivity index (χ3v) is 6.52. The van der Waals surface area contributed by atoms with Gasteiger partial charge in [0.25, 0.3) is 5.91 Å². The lowest BCUT2D eigenvalue weighted by Gasteiger charge is -2.24. The molecule has 0 unspecified atom stereocenters. The molecule has 0 aliphatic heterocycles. The Hall–Kier alpha value is -3.97. The standard InChI is InChI=1S/C31H37N5O2/c1-22-11-7-10-14-26(22)36-28(20-27(33-36)31(2,3)4)32-29(37)21-35(18-17-34(5)6)30(38)25-16-15-23-12-8-9-13-24(23)19-25/h7-16,19-20H,17-18,21H2,1-6H3,(H,32,37). The Kier molecular flexibility index (Phi) is 7.97. The lowest BCUT2D eigenvalue weighted by molar-refractivity contribution is -0.117. The summed E-state index contributed by atoms with van der Waals surface area (Å²) in [7, 11) is 3.90. The van der Waals surface area contributed by atoms with E-state index in [1.54, 1.807) is 9.58 Å². The van der Waals surface area contributed by atoms with E-state index in [4.69, 9.17) is 5.10 Å². The minimum atomic E-state index is -0.270. The molecule has 3 aromatic carbocycles. The van der Waals surface area contributed by atoms with E-state index in [9.17, 15) is 9.59 Å². The van der Waals surface area contributed by atoms with Crippen LogP contribution in [0.15, 0.2) is 72.8 Å². The molecule has 4 rings (SSSR count). The number of nitrogens with one attached hydrogen (secondary N) is 1. The summed E-state index contributed by atoms with van der Waals surface area (Å²) in [6.07, 6.45) is 0. The van der Waals surface area contributed by atoms with Gasteiger partial charge in [-0.05, 0) is 55.6 Å². The number of rotatable bonds is 8. The van der Waals surface area contributed by atoms with Gasteiger partial charge in [0.2, 0.25) is 5.91 Å². The smallest absolute Gasteiger partial charge is 0.254 e. The molecule has 1 aromatic heterocycles. The first-order valence-corrected chi connectivity index (χ1v) is 12.9. The van der Waals surface area contributed by atoms with Gasteiger partial charge in [0, 0.05) is 30.1 Å². The molecular formula is C31H37N5O2. The topological polar surface area (TPSA) is 70.5 Å².